The first-order valence-electron chi connectivity index (χ1n) is 5.90. The predicted molar refractivity (Wildman–Crippen MR) is 71.4 cm³/mol. The maximum absolute atomic E-state index is 13.4. The fourth-order valence-corrected chi connectivity index (χ4v) is 1.52. The molecule has 0 aliphatic rings. The first-order valence-corrected chi connectivity index (χ1v) is 5.90. The summed E-state index contributed by atoms with van der Waals surface area (Å²) in [5.74, 6) is -6.37. The Labute approximate surface area is 115 Å². The summed E-state index contributed by atoms with van der Waals surface area (Å²) in [5, 5.41) is 2.75. The van der Waals surface area contributed by atoms with Crippen LogP contribution >= 0.6 is 0 Å². The summed E-state index contributed by atoms with van der Waals surface area (Å²) >= 11 is 0. The highest BCUT2D eigenvalue weighted by Crippen LogP contribution is 2.27. The van der Waals surface area contributed by atoms with Gasteiger partial charge in [0.25, 0.3) is 0 Å². The van der Waals surface area contributed by atoms with Crippen molar-refractivity contribution in [2.45, 2.75) is 6.92 Å². The van der Waals surface area contributed by atoms with E-state index in [1.807, 2.05) is 21.0 Å². The molecular formula is C15H15F4N. The molecule has 0 bridgehead atoms. The smallest absolute Gasteiger partial charge is 0.198 e. The van der Waals surface area contributed by atoms with Gasteiger partial charge in [-0.15, -0.1) is 0 Å². The van der Waals surface area contributed by atoms with Crippen LogP contribution in [0.1, 0.15) is 5.56 Å². The topological polar surface area (TPSA) is 12.0 Å². The molecule has 1 N–H and O–H groups in total. The minimum Gasteiger partial charge on any atom is -0.323 e. The van der Waals surface area contributed by atoms with E-state index >= 15 is 0 Å². The van der Waals surface area contributed by atoms with Crippen LogP contribution in [0.15, 0.2) is 30.3 Å². The van der Waals surface area contributed by atoms with Crippen molar-refractivity contribution in [2.24, 2.45) is 0 Å². The summed E-state index contributed by atoms with van der Waals surface area (Å²) in [4.78, 5) is 0. The molecule has 0 heterocycles. The van der Waals surface area contributed by atoms with E-state index < -0.39 is 23.3 Å². The molecule has 0 atom stereocenters. The van der Waals surface area contributed by atoms with Crippen molar-refractivity contribution in [1.82, 2.24) is 5.32 Å². The second kappa shape index (κ2) is 7.05. The van der Waals surface area contributed by atoms with Crippen LogP contribution in [0.25, 0.3) is 11.1 Å². The molecule has 0 unspecified atom stereocenters. The monoisotopic (exact) mass is 285 g/mol. The molecule has 0 aromatic heterocycles. The van der Waals surface area contributed by atoms with Crippen molar-refractivity contribution in [1.29, 1.82) is 0 Å². The van der Waals surface area contributed by atoms with Gasteiger partial charge in [0.05, 0.1) is 0 Å². The van der Waals surface area contributed by atoms with Gasteiger partial charge >= 0.3 is 0 Å². The average molecular weight is 285 g/mol. The minimum atomic E-state index is -1.79. The van der Waals surface area contributed by atoms with Crippen molar-refractivity contribution in [2.75, 3.05) is 14.1 Å². The summed E-state index contributed by atoms with van der Waals surface area (Å²) in [6, 6.07) is 7.04. The number of rotatable bonds is 1. The van der Waals surface area contributed by atoms with Gasteiger partial charge in [0.15, 0.2) is 23.3 Å². The Bertz CT molecular complexity index is 579. The highest BCUT2D eigenvalue weighted by Gasteiger charge is 2.19. The average Bonchev–Trinajstić information content (AvgIpc) is 2.43. The molecular weight excluding hydrogens is 270 g/mol. The normalized spacial score (nSPS) is 9.95. The van der Waals surface area contributed by atoms with Crippen LogP contribution in [0.3, 0.4) is 0 Å². The number of halogens is 4. The largest absolute Gasteiger partial charge is 0.323 e. The fourth-order valence-electron chi connectivity index (χ4n) is 1.52. The Kier molecular flexibility index (Phi) is 5.70. The molecule has 2 aromatic rings. The highest BCUT2D eigenvalue weighted by molar-refractivity contribution is 5.64. The zero-order chi connectivity index (χ0) is 15.3. The zero-order valence-electron chi connectivity index (χ0n) is 11.4. The lowest BCUT2D eigenvalue weighted by Crippen LogP contribution is -1.98. The first-order chi connectivity index (χ1) is 9.42. The zero-order valence-corrected chi connectivity index (χ0v) is 11.4. The van der Waals surface area contributed by atoms with Crippen molar-refractivity contribution < 1.29 is 17.6 Å². The van der Waals surface area contributed by atoms with E-state index in [4.69, 9.17) is 0 Å². The molecule has 2 aromatic carbocycles. The van der Waals surface area contributed by atoms with E-state index in [1.165, 1.54) is 12.1 Å². The number of benzene rings is 2. The quantitative estimate of drug-likeness (QED) is 0.473. The Hall–Kier alpha value is -1.88. The third kappa shape index (κ3) is 3.57. The van der Waals surface area contributed by atoms with Crippen LogP contribution in [-0.4, -0.2) is 14.1 Å². The van der Waals surface area contributed by atoms with Gasteiger partial charge in [-0.05, 0) is 32.6 Å². The summed E-state index contributed by atoms with van der Waals surface area (Å²) < 4.78 is 52.2. The predicted octanol–water partition coefficient (Wildman–Crippen LogP) is 4.05. The molecule has 0 fully saturated rings. The summed E-state index contributed by atoms with van der Waals surface area (Å²) in [5.41, 5.74) is 0.935. The van der Waals surface area contributed by atoms with Gasteiger partial charge in [-0.2, -0.15) is 0 Å². The highest BCUT2D eigenvalue weighted by atomic mass is 19.2. The Morgan fingerprint density at radius 1 is 0.800 bits per heavy atom. The van der Waals surface area contributed by atoms with Crippen LogP contribution in [0.4, 0.5) is 17.6 Å². The van der Waals surface area contributed by atoms with Gasteiger partial charge < -0.3 is 5.32 Å². The molecule has 108 valence electrons. The molecule has 0 amide bonds. The Morgan fingerprint density at radius 2 is 1.30 bits per heavy atom. The number of hydrogen-bond acceptors (Lipinski definition) is 1. The third-order valence-electron chi connectivity index (χ3n) is 2.47. The molecule has 2 rings (SSSR count). The lowest BCUT2D eigenvalue weighted by molar-refractivity contribution is 0.411. The lowest BCUT2D eigenvalue weighted by Gasteiger charge is -2.06. The number of nitrogens with one attached hydrogen (secondary N) is 1. The van der Waals surface area contributed by atoms with Crippen molar-refractivity contribution in [3.63, 3.8) is 0 Å². The van der Waals surface area contributed by atoms with E-state index in [0.29, 0.717) is 11.6 Å². The van der Waals surface area contributed by atoms with Crippen LogP contribution in [0.2, 0.25) is 0 Å². The van der Waals surface area contributed by atoms with Crippen molar-refractivity contribution in [3.8, 4) is 11.1 Å². The van der Waals surface area contributed by atoms with Crippen LogP contribution in [0.5, 0.6) is 0 Å². The van der Waals surface area contributed by atoms with Gasteiger partial charge in [0, 0.05) is 5.56 Å². The molecule has 0 spiro atoms. The molecule has 0 saturated heterocycles. The minimum absolute atomic E-state index is 0.290. The van der Waals surface area contributed by atoms with Gasteiger partial charge in [-0.1, -0.05) is 29.8 Å². The number of hydrogen-bond donors (Lipinski definition) is 1. The van der Waals surface area contributed by atoms with Gasteiger partial charge in [-0.25, -0.2) is 17.6 Å². The van der Waals surface area contributed by atoms with Crippen LogP contribution < -0.4 is 5.32 Å². The maximum Gasteiger partial charge on any atom is 0.198 e. The molecule has 1 nitrogen and oxygen atoms in total. The van der Waals surface area contributed by atoms with E-state index in [1.54, 1.807) is 12.1 Å². The summed E-state index contributed by atoms with van der Waals surface area (Å²) in [6.07, 6.45) is 0. The van der Waals surface area contributed by atoms with Crippen molar-refractivity contribution >= 4 is 0 Å². The van der Waals surface area contributed by atoms with E-state index in [0.717, 1.165) is 5.56 Å². The Balaban J connectivity index is 0.000000612. The van der Waals surface area contributed by atoms with Gasteiger partial charge in [0.2, 0.25) is 0 Å². The summed E-state index contributed by atoms with van der Waals surface area (Å²) in [6.45, 7) is 1.83. The molecule has 0 aliphatic carbocycles. The Morgan fingerprint density at radius 3 is 1.80 bits per heavy atom. The first kappa shape index (κ1) is 16.2. The van der Waals surface area contributed by atoms with Crippen LogP contribution in [0, 0.1) is 30.2 Å². The third-order valence-corrected chi connectivity index (χ3v) is 2.47. The maximum atomic E-state index is 13.4. The lowest BCUT2D eigenvalue weighted by atomic mass is 10.0. The second-order valence-electron chi connectivity index (χ2n) is 4.21. The molecule has 0 saturated carbocycles. The van der Waals surface area contributed by atoms with E-state index in [-0.39, 0.29) is 5.56 Å². The SMILES string of the molecule is CNC.Cc1ccc(-c2cc(F)c(F)c(F)c2F)cc1. The van der Waals surface area contributed by atoms with Gasteiger partial charge in [-0.3, -0.25) is 0 Å². The van der Waals surface area contributed by atoms with Gasteiger partial charge in [0.1, 0.15) is 0 Å². The standard InChI is InChI=1S/C13H8F4.C2H7N/c1-7-2-4-8(5-3-7)9-6-10(14)12(16)13(17)11(9)15;1-3-2/h2-6H,1H3;3H,1-2H3. The molecule has 20 heavy (non-hydrogen) atoms. The second-order valence-corrected chi connectivity index (χ2v) is 4.21. The summed E-state index contributed by atoms with van der Waals surface area (Å²) in [7, 11) is 3.75. The molecule has 0 aliphatic heterocycles. The van der Waals surface area contributed by atoms with E-state index in [9.17, 15) is 17.6 Å². The van der Waals surface area contributed by atoms with Crippen LogP contribution in [-0.2, 0) is 0 Å². The van der Waals surface area contributed by atoms with E-state index in [2.05, 4.69) is 5.32 Å². The molecule has 5 heteroatoms. The fraction of sp³-hybridized carbons (Fsp3) is 0.200. The molecule has 0 radical (unpaired) electrons. The number of aryl methyl sites for hydroxylation is 1. The van der Waals surface area contributed by atoms with Crippen molar-refractivity contribution in [3.05, 3.63) is 59.2 Å².